The van der Waals surface area contributed by atoms with Gasteiger partial charge in [-0.25, -0.2) is 4.79 Å². The lowest BCUT2D eigenvalue weighted by Gasteiger charge is -2.17. The molecule has 0 saturated carbocycles. The number of carboxylic acid groups (broad SMARTS) is 1. The number of phenolic OH excluding ortho intramolecular Hbond substituents is 1. The van der Waals surface area contributed by atoms with Gasteiger partial charge in [-0.2, -0.15) is 13.2 Å². The molecule has 0 bridgehead atoms. The monoisotopic (exact) mass is 383 g/mol. The highest BCUT2D eigenvalue weighted by atomic mass is 19.4. The van der Waals surface area contributed by atoms with Gasteiger partial charge in [0.05, 0.1) is 5.56 Å². The van der Waals surface area contributed by atoms with Crippen LogP contribution in [-0.2, 0) is 19.3 Å². The normalized spacial score (nSPS) is 11.1. The highest BCUT2D eigenvalue weighted by Crippen LogP contribution is 2.44. The molecule has 9 heteroatoms. The molecule has 0 aliphatic carbocycles. The van der Waals surface area contributed by atoms with Gasteiger partial charge in [0.15, 0.2) is 5.78 Å². The number of hydrogen-bond acceptors (Lipinski definition) is 4. The molecule has 1 amide bonds. The van der Waals surface area contributed by atoms with E-state index in [1.165, 1.54) is 0 Å². The summed E-state index contributed by atoms with van der Waals surface area (Å²) >= 11 is 0. The van der Waals surface area contributed by atoms with Crippen LogP contribution in [0.3, 0.4) is 0 Å². The number of benzene rings is 2. The van der Waals surface area contributed by atoms with Gasteiger partial charge in [-0.3, -0.25) is 4.79 Å². The van der Waals surface area contributed by atoms with Crippen LogP contribution in [0.4, 0.5) is 18.0 Å². The number of carbonyl (C=O) groups is 2. The Labute approximate surface area is 152 Å². The summed E-state index contributed by atoms with van der Waals surface area (Å²) in [6, 6.07) is 8.48. The first kappa shape index (κ1) is 20.1. The van der Waals surface area contributed by atoms with Gasteiger partial charge in [0.1, 0.15) is 23.7 Å². The van der Waals surface area contributed by atoms with Crippen molar-refractivity contribution in [3.8, 4) is 11.5 Å². The second-order valence-corrected chi connectivity index (χ2v) is 5.66. The Morgan fingerprint density at radius 3 is 2.41 bits per heavy atom. The first-order chi connectivity index (χ1) is 12.6. The number of nitrogens with one attached hydrogen (secondary N) is 1. The summed E-state index contributed by atoms with van der Waals surface area (Å²) < 4.78 is 45.1. The fourth-order valence-corrected chi connectivity index (χ4v) is 2.42. The van der Waals surface area contributed by atoms with E-state index in [2.05, 4.69) is 5.32 Å². The zero-order valence-electron chi connectivity index (χ0n) is 14.1. The highest BCUT2D eigenvalue weighted by Gasteiger charge is 2.39. The van der Waals surface area contributed by atoms with Crippen molar-refractivity contribution in [2.24, 2.45) is 0 Å². The van der Waals surface area contributed by atoms with Gasteiger partial charge in [0, 0.05) is 6.54 Å². The van der Waals surface area contributed by atoms with Crippen LogP contribution in [0.5, 0.6) is 11.5 Å². The molecule has 0 aliphatic rings. The van der Waals surface area contributed by atoms with Crippen molar-refractivity contribution < 1.29 is 37.7 Å². The van der Waals surface area contributed by atoms with Crippen LogP contribution in [0.2, 0.25) is 0 Å². The van der Waals surface area contributed by atoms with Crippen LogP contribution in [-0.4, -0.2) is 22.1 Å². The summed E-state index contributed by atoms with van der Waals surface area (Å²) in [4.78, 5) is 21.9. The van der Waals surface area contributed by atoms with Gasteiger partial charge in [-0.15, -0.1) is 0 Å². The maximum atomic E-state index is 13.3. The number of aromatic hydroxyl groups is 1. The number of amides is 1. The van der Waals surface area contributed by atoms with Crippen LogP contribution >= 0.6 is 0 Å². The van der Waals surface area contributed by atoms with Crippen molar-refractivity contribution in [3.63, 3.8) is 0 Å². The number of halogens is 3. The zero-order valence-corrected chi connectivity index (χ0v) is 14.1. The lowest BCUT2D eigenvalue weighted by Crippen LogP contribution is -2.19. The molecule has 0 heterocycles. The number of Topliss-reactive ketones (excluding diaryl/α,β-unsaturated/α-hetero) is 1. The molecule has 0 fully saturated rings. The molecule has 3 N–H and O–H groups in total. The van der Waals surface area contributed by atoms with E-state index in [1.807, 2.05) is 0 Å². The minimum Gasteiger partial charge on any atom is -0.506 e. The van der Waals surface area contributed by atoms with Gasteiger partial charge in [-0.1, -0.05) is 24.3 Å². The number of phenols is 1. The van der Waals surface area contributed by atoms with E-state index in [-0.39, 0.29) is 13.2 Å². The molecule has 0 saturated heterocycles. The summed E-state index contributed by atoms with van der Waals surface area (Å²) in [6.07, 6.45) is -6.12. The van der Waals surface area contributed by atoms with E-state index in [0.29, 0.717) is 11.1 Å². The molecule has 0 aromatic heterocycles. The molecule has 144 valence electrons. The summed E-state index contributed by atoms with van der Waals surface area (Å²) in [5, 5.41) is 20.6. The van der Waals surface area contributed by atoms with Crippen molar-refractivity contribution in [1.82, 2.24) is 5.32 Å². The number of carbonyl (C=O) groups excluding carboxylic acids is 1. The van der Waals surface area contributed by atoms with Gasteiger partial charge in [0.25, 0.3) is 0 Å². The fraction of sp³-hybridized carbons (Fsp3) is 0.222. The van der Waals surface area contributed by atoms with Crippen molar-refractivity contribution in [3.05, 3.63) is 58.7 Å². The third-order valence-electron chi connectivity index (χ3n) is 3.63. The quantitative estimate of drug-likeness (QED) is 0.656. The van der Waals surface area contributed by atoms with E-state index < -0.39 is 40.7 Å². The molecule has 2 aromatic rings. The topological polar surface area (TPSA) is 95.9 Å². The van der Waals surface area contributed by atoms with Gasteiger partial charge < -0.3 is 20.3 Å². The number of ketones is 1. The van der Waals surface area contributed by atoms with Crippen LogP contribution in [0, 0.1) is 0 Å². The SMILES string of the molecule is CC(=O)c1ccc(OCc2cccc(CNC(=O)O)c2)c(C(F)(F)F)c1O. The lowest BCUT2D eigenvalue weighted by atomic mass is 10.0. The average molecular weight is 383 g/mol. The summed E-state index contributed by atoms with van der Waals surface area (Å²) in [5.74, 6) is -2.49. The first-order valence-electron chi connectivity index (χ1n) is 7.71. The third kappa shape index (κ3) is 5.13. The van der Waals surface area contributed by atoms with Crippen LogP contribution in [0.25, 0.3) is 0 Å². The molecule has 6 nitrogen and oxygen atoms in total. The van der Waals surface area contributed by atoms with Gasteiger partial charge >= 0.3 is 12.3 Å². The fourth-order valence-electron chi connectivity index (χ4n) is 2.42. The summed E-state index contributed by atoms with van der Waals surface area (Å²) in [6.45, 7) is 0.834. The Kier molecular flexibility index (Phi) is 5.94. The molecule has 0 aliphatic heterocycles. The molecular weight excluding hydrogens is 367 g/mol. The molecule has 0 atom stereocenters. The predicted octanol–water partition coefficient (Wildman–Crippen LogP) is 3.96. The van der Waals surface area contributed by atoms with Crippen LogP contribution < -0.4 is 10.1 Å². The molecular formula is C18H16F3NO5. The van der Waals surface area contributed by atoms with Gasteiger partial charge in [-0.05, 0) is 30.2 Å². The minimum atomic E-state index is -4.92. The Bertz CT molecular complexity index is 865. The van der Waals surface area contributed by atoms with Crippen molar-refractivity contribution >= 4 is 11.9 Å². The van der Waals surface area contributed by atoms with E-state index in [0.717, 1.165) is 19.1 Å². The van der Waals surface area contributed by atoms with Crippen LogP contribution in [0.1, 0.15) is 34.0 Å². The second kappa shape index (κ2) is 7.98. The summed E-state index contributed by atoms with van der Waals surface area (Å²) in [5.41, 5.74) is -0.761. The molecule has 0 radical (unpaired) electrons. The molecule has 0 unspecified atom stereocenters. The lowest BCUT2D eigenvalue weighted by molar-refractivity contribution is -0.140. The molecule has 2 aromatic carbocycles. The van der Waals surface area contributed by atoms with Gasteiger partial charge in [0.2, 0.25) is 0 Å². The standard InChI is InChI=1S/C18H16F3NO5/c1-10(23)13-5-6-14(15(16(13)24)18(19,20)21)27-9-12-4-2-3-11(7-12)8-22-17(25)26/h2-7,22,24H,8-9H2,1H3,(H,25,26). The van der Waals surface area contributed by atoms with Crippen molar-refractivity contribution in [2.45, 2.75) is 26.3 Å². The Balaban J connectivity index is 2.25. The zero-order chi connectivity index (χ0) is 20.2. The Morgan fingerprint density at radius 2 is 1.81 bits per heavy atom. The van der Waals surface area contributed by atoms with Crippen LogP contribution in [0.15, 0.2) is 36.4 Å². The maximum absolute atomic E-state index is 13.3. The average Bonchev–Trinajstić information content (AvgIpc) is 2.57. The second-order valence-electron chi connectivity index (χ2n) is 5.66. The highest BCUT2D eigenvalue weighted by molar-refractivity contribution is 5.97. The molecule has 2 rings (SSSR count). The molecule has 27 heavy (non-hydrogen) atoms. The first-order valence-corrected chi connectivity index (χ1v) is 7.71. The Morgan fingerprint density at radius 1 is 1.15 bits per heavy atom. The van der Waals surface area contributed by atoms with E-state index in [9.17, 15) is 27.9 Å². The number of hydrogen-bond donors (Lipinski definition) is 3. The number of ether oxygens (including phenoxy) is 1. The molecule has 0 spiro atoms. The Hall–Kier alpha value is -3.23. The maximum Gasteiger partial charge on any atom is 0.423 e. The predicted molar refractivity (Wildman–Crippen MR) is 88.8 cm³/mol. The smallest absolute Gasteiger partial charge is 0.423 e. The third-order valence-corrected chi connectivity index (χ3v) is 3.63. The number of alkyl halides is 3. The van der Waals surface area contributed by atoms with E-state index >= 15 is 0 Å². The van der Waals surface area contributed by atoms with Crippen molar-refractivity contribution in [2.75, 3.05) is 0 Å². The van der Waals surface area contributed by atoms with E-state index in [1.54, 1.807) is 24.3 Å². The number of rotatable bonds is 6. The minimum absolute atomic E-state index is 0.0328. The van der Waals surface area contributed by atoms with Crippen molar-refractivity contribution in [1.29, 1.82) is 0 Å². The largest absolute Gasteiger partial charge is 0.506 e. The summed E-state index contributed by atoms with van der Waals surface area (Å²) in [7, 11) is 0. The van der Waals surface area contributed by atoms with E-state index in [4.69, 9.17) is 9.84 Å².